The highest BCUT2D eigenvalue weighted by molar-refractivity contribution is 5.84. The highest BCUT2D eigenvalue weighted by Crippen LogP contribution is 2.21. The number of carboxylic acid groups (broad SMARTS) is 1. The SMILES string of the molecule is Cc1ccc(C)c(OCCC(=O)N2Cc3nnc(C)n3CC2C(=O)O)c1. The van der Waals surface area contributed by atoms with E-state index in [0.717, 1.165) is 16.9 Å². The number of hydrogen-bond donors (Lipinski definition) is 1. The zero-order chi connectivity index (χ0) is 18.8. The van der Waals surface area contributed by atoms with E-state index in [1.54, 1.807) is 11.5 Å². The number of amides is 1. The van der Waals surface area contributed by atoms with Crippen LogP contribution in [0.2, 0.25) is 0 Å². The molecular weight excluding hydrogens is 336 g/mol. The van der Waals surface area contributed by atoms with Crippen LogP contribution in [0.5, 0.6) is 5.75 Å². The van der Waals surface area contributed by atoms with Gasteiger partial charge < -0.3 is 19.3 Å². The van der Waals surface area contributed by atoms with Crippen molar-refractivity contribution < 1.29 is 19.4 Å². The van der Waals surface area contributed by atoms with Gasteiger partial charge in [-0.25, -0.2) is 4.79 Å². The number of hydrogen-bond acceptors (Lipinski definition) is 5. The minimum Gasteiger partial charge on any atom is -0.493 e. The summed E-state index contributed by atoms with van der Waals surface area (Å²) in [6, 6.07) is 4.96. The van der Waals surface area contributed by atoms with E-state index in [1.807, 2.05) is 32.0 Å². The summed E-state index contributed by atoms with van der Waals surface area (Å²) in [6.07, 6.45) is 0.101. The zero-order valence-electron chi connectivity index (χ0n) is 15.1. The lowest BCUT2D eigenvalue weighted by Gasteiger charge is -2.33. The molecule has 1 aromatic heterocycles. The highest BCUT2D eigenvalue weighted by Gasteiger charge is 2.36. The molecule has 1 unspecified atom stereocenters. The molecule has 138 valence electrons. The lowest BCUT2D eigenvalue weighted by atomic mass is 10.1. The Morgan fingerprint density at radius 2 is 2.04 bits per heavy atom. The number of aryl methyl sites for hydroxylation is 3. The van der Waals surface area contributed by atoms with Crippen LogP contribution in [0, 0.1) is 20.8 Å². The number of nitrogens with zero attached hydrogens (tertiary/aromatic N) is 4. The molecule has 0 saturated carbocycles. The molecule has 0 saturated heterocycles. The molecule has 2 heterocycles. The van der Waals surface area contributed by atoms with E-state index in [-0.39, 0.29) is 32.0 Å². The number of carboxylic acids is 1. The van der Waals surface area contributed by atoms with Gasteiger partial charge in [-0.1, -0.05) is 12.1 Å². The molecule has 1 aliphatic heterocycles. The quantitative estimate of drug-likeness (QED) is 0.869. The molecule has 8 heteroatoms. The molecule has 1 aliphatic rings. The topological polar surface area (TPSA) is 97.5 Å². The van der Waals surface area contributed by atoms with Gasteiger partial charge in [-0.05, 0) is 38.0 Å². The molecule has 2 aromatic rings. The first-order valence-corrected chi connectivity index (χ1v) is 8.48. The van der Waals surface area contributed by atoms with Crippen LogP contribution in [0.25, 0.3) is 0 Å². The van der Waals surface area contributed by atoms with Crippen molar-refractivity contribution in [1.29, 1.82) is 0 Å². The van der Waals surface area contributed by atoms with Gasteiger partial charge in [0.25, 0.3) is 0 Å². The van der Waals surface area contributed by atoms with E-state index in [4.69, 9.17) is 4.74 Å². The number of carbonyl (C=O) groups is 2. The van der Waals surface area contributed by atoms with Gasteiger partial charge in [-0.15, -0.1) is 10.2 Å². The van der Waals surface area contributed by atoms with Gasteiger partial charge in [-0.2, -0.15) is 0 Å². The summed E-state index contributed by atoms with van der Waals surface area (Å²) in [5.41, 5.74) is 2.07. The van der Waals surface area contributed by atoms with E-state index >= 15 is 0 Å². The minimum atomic E-state index is -1.03. The van der Waals surface area contributed by atoms with Crippen molar-refractivity contribution in [2.75, 3.05) is 6.61 Å². The second kappa shape index (κ2) is 7.15. The minimum absolute atomic E-state index is 0.101. The van der Waals surface area contributed by atoms with E-state index in [1.165, 1.54) is 4.90 Å². The molecular formula is C18H22N4O4. The van der Waals surface area contributed by atoms with Gasteiger partial charge in [0.05, 0.1) is 26.1 Å². The lowest BCUT2D eigenvalue weighted by Crippen LogP contribution is -2.51. The lowest BCUT2D eigenvalue weighted by molar-refractivity contribution is -0.153. The van der Waals surface area contributed by atoms with E-state index in [0.29, 0.717) is 11.6 Å². The molecule has 0 spiro atoms. The third-order valence-electron chi connectivity index (χ3n) is 4.58. The number of ether oxygens (including phenoxy) is 1. The first-order valence-electron chi connectivity index (χ1n) is 8.48. The monoisotopic (exact) mass is 358 g/mol. The maximum absolute atomic E-state index is 12.6. The normalized spacial score (nSPS) is 16.3. The largest absolute Gasteiger partial charge is 0.493 e. The summed E-state index contributed by atoms with van der Waals surface area (Å²) in [5.74, 6) is 0.684. The number of carbonyl (C=O) groups excluding carboxylic acids is 1. The van der Waals surface area contributed by atoms with E-state index in [2.05, 4.69) is 10.2 Å². The van der Waals surface area contributed by atoms with Crippen LogP contribution in [-0.2, 0) is 22.7 Å². The molecule has 1 N–H and O–H groups in total. The predicted octanol–water partition coefficient (Wildman–Crippen LogP) is 1.47. The number of fused-ring (bicyclic) bond motifs is 1. The average molecular weight is 358 g/mol. The average Bonchev–Trinajstić information content (AvgIpc) is 2.97. The molecule has 8 nitrogen and oxygen atoms in total. The van der Waals surface area contributed by atoms with Crippen molar-refractivity contribution in [3.63, 3.8) is 0 Å². The third kappa shape index (κ3) is 3.54. The van der Waals surface area contributed by atoms with Crippen molar-refractivity contribution in [2.45, 2.75) is 46.3 Å². The summed E-state index contributed by atoms with van der Waals surface area (Å²) in [6.45, 7) is 6.17. The fourth-order valence-corrected chi connectivity index (χ4v) is 3.04. The van der Waals surface area contributed by atoms with E-state index in [9.17, 15) is 14.7 Å². The van der Waals surface area contributed by atoms with Crippen molar-refractivity contribution in [2.24, 2.45) is 0 Å². The molecule has 26 heavy (non-hydrogen) atoms. The van der Waals surface area contributed by atoms with Gasteiger partial charge in [0.15, 0.2) is 5.82 Å². The van der Waals surface area contributed by atoms with Crippen molar-refractivity contribution >= 4 is 11.9 Å². The Hall–Kier alpha value is -2.90. The molecule has 0 aliphatic carbocycles. The van der Waals surface area contributed by atoms with Gasteiger partial charge in [0, 0.05) is 0 Å². The highest BCUT2D eigenvalue weighted by atomic mass is 16.5. The Balaban J connectivity index is 1.66. The first kappa shape index (κ1) is 17.9. The predicted molar refractivity (Wildman–Crippen MR) is 92.8 cm³/mol. The van der Waals surface area contributed by atoms with Gasteiger partial charge in [0.1, 0.15) is 17.6 Å². The second-order valence-corrected chi connectivity index (χ2v) is 6.52. The van der Waals surface area contributed by atoms with Crippen LogP contribution < -0.4 is 4.74 Å². The summed E-state index contributed by atoms with van der Waals surface area (Å²) in [5, 5.41) is 17.5. The van der Waals surface area contributed by atoms with Crippen molar-refractivity contribution in [3.05, 3.63) is 41.0 Å². The molecule has 3 rings (SSSR count). The molecule has 1 atom stereocenters. The fourth-order valence-electron chi connectivity index (χ4n) is 3.04. The number of benzene rings is 1. The van der Waals surface area contributed by atoms with Crippen molar-refractivity contribution in [3.8, 4) is 5.75 Å². The van der Waals surface area contributed by atoms with Crippen LogP contribution in [-0.4, -0.2) is 49.3 Å². The summed E-state index contributed by atoms with van der Waals surface area (Å²) in [4.78, 5) is 25.6. The molecule has 0 fully saturated rings. The smallest absolute Gasteiger partial charge is 0.328 e. The number of aromatic nitrogens is 3. The molecule has 1 amide bonds. The molecule has 0 radical (unpaired) electrons. The van der Waals surface area contributed by atoms with Crippen LogP contribution in [0.1, 0.15) is 29.2 Å². The fraction of sp³-hybridized carbons (Fsp3) is 0.444. The Morgan fingerprint density at radius 1 is 1.27 bits per heavy atom. The Bertz CT molecular complexity index is 846. The van der Waals surface area contributed by atoms with Crippen LogP contribution in [0.3, 0.4) is 0 Å². The number of rotatable bonds is 5. The van der Waals surface area contributed by atoms with Gasteiger partial charge in [-0.3, -0.25) is 4.79 Å². The van der Waals surface area contributed by atoms with E-state index < -0.39 is 12.0 Å². The summed E-state index contributed by atoms with van der Waals surface area (Å²) >= 11 is 0. The Labute approximate surface area is 151 Å². The Morgan fingerprint density at radius 3 is 2.77 bits per heavy atom. The summed E-state index contributed by atoms with van der Waals surface area (Å²) in [7, 11) is 0. The molecule has 0 bridgehead atoms. The zero-order valence-corrected chi connectivity index (χ0v) is 15.1. The van der Waals surface area contributed by atoms with Gasteiger partial charge >= 0.3 is 5.97 Å². The van der Waals surface area contributed by atoms with Crippen LogP contribution >= 0.6 is 0 Å². The summed E-state index contributed by atoms with van der Waals surface area (Å²) < 4.78 is 7.47. The van der Waals surface area contributed by atoms with Gasteiger partial charge in [0.2, 0.25) is 5.91 Å². The third-order valence-corrected chi connectivity index (χ3v) is 4.58. The van der Waals surface area contributed by atoms with Crippen LogP contribution in [0.4, 0.5) is 0 Å². The van der Waals surface area contributed by atoms with Crippen LogP contribution in [0.15, 0.2) is 18.2 Å². The van der Waals surface area contributed by atoms with Crippen molar-refractivity contribution in [1.82, 2.24) is 19.7 Å². The standard InChI is InChI=1S/C18H22N4O4/c1-11-4-5-12(2)15(8-11)26-7-6-17(23)22-10-16-20-19-13(3)21(16)9-14(22)18(24)25/h4-5,8,14H,6-7,9-10H2,1-3H3,(H,24,25). The Kier molecular flexibility index (Phi) is 4.92. The second-order valence-electron chi connectivity index (χ2n) is 6.52. The maximum atomic E-state index is 12.6. The number of aliphatic carboxylic acids is 1. The molecule has 1 aromatic carbocycles. The first-order chi connectivity index (χ1) is 12.4. The maximum Gasteiger partial charge on any atom is 0.328 e.